The van der Waals surface area contributed by atoms with Crippen molar-refractivity contribution in [1.29, 1.82) is 0 Å². The number of carboxylic acid groups (broad SMARTS) is 1. The Morgan fingerprint density at radius 3 is 2.45 bits per heavy atom. The maximum absolute atomic E-state index is 12.6. The molecule has 0 bridgehead atoms. The highest BCUT2D eigenvalue weighted by Gasteiger charge is 2.26. The number of piperidine rings is 1. The molecule has 1 saturated heterocycles. The Balaban J connectivity index is 1.33. The van der Waals surface area contributed by atoms with Gasteiger partial charge < -0.3 is 15.0 Å². The van der Waals surface area contributed by atoms with Crippen molar-refractivity contribution in [3.8, 4) is 0 Å². The fourth-order valence-electron chi connectivity index (χ4n) is 4.47. The monoisotopic (exact) mass is 390 g/mol. The smallest absolute Gasteiger partial charge is 0.335 e. The lowest BCUT2D eigenvalue weighted by atomic mass is 9.87. The SMILES string of the molecule is Cc1[nH]c2ccccc2c1C1CCN(C(=O)CCc2ccc(C(=O)O)cc2)CC1. The summed E-state index contributed by atoms with van der Waals surface area (Å²) < 4.78 is 0. The molecule has 0 unspecified atom stereocenters. The summed E-state index contributed by atoms with van der Waals surface area (Å²) in [5.41, 5.74) is 5.10. The van der Waals surface area contributed by atoms with Crippen molar-refractivity contribution in [2.75, 3.05) is 13.1 Å². The molecule has 0 radical (unpaired) electrons. The van der Waals surface area contributed by atoms with Gasteiger partial charge in [-0.15, -0.1) is 0 Å². The Kier molecular flexibility index (Phi) is 5.38. The zero-order valence-electron chi connectivity index (χ0n) is 16.6. The van der Waals surface area contributed by atoms with E-state index in [4.69, 9.17) is 5.11 Å². The number of likely N-dealkylation sites (tertiary alicyclic amines) is 1. The van der Waals surface area contributed by atoms with Crippen molar-refractivity contribution in [2.45, 2.75) is 38.5 Å². The Morgan fingerprint density at radius 2 is 1.76 bits per heavy atom. The minimum absolute atomic E-state index is 0.182. The van der Waals surface area contributed by atoms with Crippen LogP contribution in [0.2, 0.25) is 0 Å². The van der Waals surface area contributed by atoms with Crippen LogP contribution in [0.25, 0.3) is 10.9 Å². The molecule has 5 heteroatoms. The van der Waals surface area contributed by atoms with Crippen molar-refractivity contribution in [2.24, 2.45) is 0 Å². The van der Waals surface area contributed by atoms with Crippen LogP contribution in [0.15, 0.2) is 48.5 Å². The largest absolute Gasteiger partial charge is 0.478 e. The maximum Gasteiger partial charge on any atom is 0.335 e. The van der Waals surface area contributed by atoms with Crippen LogP contribution >= 0.6 is 0 Å². The Labute approximate surface area is 170 Å². The van der Waals surface area contributed by atoms with Gasteiger partial charge >= 0.3 is 5.97 Å². The number of hydrogen-bond acceptors (Lipinski definition) is 2. The van der Waals surface area contributed by atoms with Gasteiger partial charge in [-0.3, -0.25) is 4.79 Å². The van der Waals surface area contributed by atoms with Gasteiger partial charge in [0.1, 0.15) is 0 Å². The molecule has 29 heavy (non-hydrogen) atoms. The lowest BCUT2D eigenvalue weighted by molar-refractivity contribution is -0.132. The summed E-state index contributed by atoms with van der Waals surface area (Å²) in [5.74, 6) is -0.263. The average molecular weight is 390 g/mol. The first-order valence-corrected chi connectivity index (χ1v) is 10.2. The number of aromatic amines is 1. The summed E-state index contributed by atoms with van der Waals surface area (Å²) in [6.45, 7) is 3.73. The molecule has 2 N–H and O–H groups in total. The van der Waals surface area contributed by atoms with E-state index in [-0.39, 0.29) is 11.5 Å². The van der Waals surface area contributed by atoms with Gasteiger partial charge in [0, 0.05) is 36.1 Å². The number of aryl methyl sites for hydroxylation is 2. The maximum atomic E-state index is 12.6. The molecular weight excluding hydrogens is 364 g/mol. The zero-order valence-corrected chi connectivity index (χ0v) is 16.6. The molecule has 150 valence electrons. The summed E-state index contributed by atoms with van der Waals surface area (Å²) in [7, 11) is 0. The first kappa shape index (κ1) is 19.2. The van der Waals surface area contributed by atoms with Crippen LogP contribution in [0, 0.1) is 6.92 Å². The second kappa shape index (κ2) is 8.11. The molecule has 1 aromatic heterocycles. The highest BCUT2D eigenvalue weighted by Crippen LogP contribution is 2.35. The number of benzene rings is 2. The summed E-state index contributed by atoms with van der Waals surface area (Å²) in [6.07, 6.45) is 3.08. The molecule has 2 heterocycles. The highest BCUT2D eigenvalue weighted by molar-refractivity contribution is 5.87. The molecule has 0 spiro atoms. The van der Waals surface area contributed by atoms with E-state index >= 15 is 0 Å². The van der Waals surface area contributed by atoms with E-state index in [1.807, 2.05) is 4.90 Å². The first-order chi connectivity index (χ1) is 14.0. The number of hydrogen-bond donors (Lipinski definition) is 2. The Morgan fingerprint density at radius 1 is 1.07 bits per heavy atom. The van der Waals surface area contributed by atoms with Crippen molar-refractivity contribution < 1.29 is 14.7 Å². The van der Waals surface area contributed by atoms with Crippen LogP contribution in [0.1, 0.15) is 52.4 Å². The summed E-state index contributed by atoms with van der Waals surface area (Å²) in [6, 6.07) is 15.2. The summed E-state index contributed by atoms with van der Waals surface area (Å²) in [5, 5.41) is 10.3. The quantitative estimate of drug-likeness (QED) is 0.673. The fraction of sp³-hybridized carbons (Fsp3) is 0.333. The average Bonchev–Trinajstić information content (AvgIpc) is 3.08. The van der Waals surface area contributed by atoms with E-state index in [0.29, 0.717) is 18.8 Å². The minimum atomic E-state index is -0.930. The van der Waals surface area contributed by atoms with Gasteiger partial charge in [-0.1, -0.05) is 30.3 Å². The molecular formula is C24H26N2O3. The number of rotatable bonds is 5. The summed E-state index contributed by atoms with van der Waals surface area (Å²) >= 11 is 0. The van der Waals surface area contributed by atoms with Crippen LogP contribution in [0.5, 0.6) is 0 Å². The number of aromatic carboxylic acids is 1. The van der Waals surface area contributed by atoms with Gasteiger partial charge in [0.25, 0.3) is 0 Å². The third-order valence-electron chi connectivity index (χ3n) is 6.03. The Bertz CT molecular complexity index is 1030. The predicted molar refractivity (Wildman–Crippen MR) is 113 cm³/mol. The van der Waals surface area contributed by atoms with E-state index in [2.05, 4.69) is 36.2 Å². The second-order valence-electron chi connectivity index (χ2n) is 7.87. The van der Waals surface area contributed by atoms with Crippen molar-refractivity contribution in [3.05, 3.63) is 70.9 Å². The molecule has 1 aliphatic rings. The normalized spacial score (nSPS) is 15.0. The van der Waals surface area contributed by atoms with Crippen molar-refractivity contribution in [3.63, 3.8) is 0 Å². The molecule has 2 aromatic carbocycles. The number of nitrogens with zero attached hydrogens (tertiary/aromatic N) is 1. The standard InChI is InChI=1S/C24H26N2O3/c1-16-23(20-4-2-3-5-21(20)25-16)18-12-14-26(15-13-18)22(27)11-8-17-6-9-19(10-7-17)24(28)29/h2-7,9-10,18,25H,8,11-15H2,1H3,(H,28,29). The van der Waals surface area contributed by atoms with Gasteiger partial charge in [0.15, 0.2) is 0 Å². The van der Waals surface area contributed by atoms with E-state index in [1.165, 1.54) is 22.2 Å². The van der Waals surface area contributed by atoms with Gasteiger partial charge in [-0.25, -0.2) is 4.79 Å². The Hall–Kier alpha value is -3.08. The van der Waals surface area contributed by atoms with Crippen LogP contribution in [-0.2, 0) is 11.2 Å². The minimum Gasteiger partial charge on any atom is -0.478 e. The van der Waals surface area contributed by atoms with Crippen LogP contribution in [0.4, 0.5) is 0 Å². The molecule has 4 rings (SSSR count). The van der Waals surface area contributed by atoms with E-state index < -0.39 is 5.97 Å². The predicted octanol–water partition coefficient (Wildman–Crippen LogP) is 4.51. The summed E-state index contributed by atoms with van der Waals surface area (Å²) in [4.78, 5) is 29.0. The van der Waals surface area contributed by atoms with Gasteiger partial charge in [-0.05, 0) is 61.4 Å². The number of amides is 1. The number of H-pyrrole nitrogens is 1. The zero-order chi connectivity index (χ0) is 20.4. The van der Waals surface area contributed by atoms with Gasteiger partial charge in [-0.2, -0.15) is 0 Å². The molecule has 0 saturated carbocycles. The van der Waals surface area contributed by atoms with E-state index in [1.54, 1.807) is 24.3 Å². The van der Waals surface area contributed by atoms with Crippen LogP contribution in [-0.4, -0.2) is 40.0 Å². The molecule has 1 amide bonds. The molecule has 1 aliphatic heterocycles. The van der Waals surface area contributed by atoms with Crippen molar-refractivity contribution in [1.82, 2.24) is 9.88 Å². The third-order valence-corrected chi connectivity index (χ3v) is 6.03. The number of carbonyl (C=O) groups is 2. The number of carbonyl (C=O) groups excluding carboxylic acids is 1. The molecule has 1 fully saturated rings. The second-order valence-corrected chi connectivity index (χ2v) is 7.87. The number of nitrogens with one attached hydrogen (secondary N) is 1. The third kappa shape index (κ3) is 4.04. The topological polar surface area (TPSA) is 73.4 Å². The highest BCUT2D eigenvalue weighted by atomic mass is 16.4. The number of carboxylic acids is 1. The fourth-order valence-corrected chi connectivity index (χ4v) is 4.47. The molecule has 5 nitrogen and oxygen atoms in total. The van der Waals surface area contributed by atoms with Crippen LogP contribution < -0.4 is 0 Å². The number of fused-ring (bicyclic) bond motifs is 1. The first-order valence-electron chi connectivity index (χ1n) is 10.2. The molecule has 0 atom stereocenters. The lowest BCUT2D eigenvalue weighted by Gasteiger charge is -2.32. The number of para-hydroxylation sites is 1. The molecule has 3 aromatic rings. The van der Waals surface area contributed by atoms with Crippen LogP contribution in [0.3, 0.4) is 0 Å². The van der Waals surface area contributed by atoms with Crippen molar-refractivity contribution >= 4 is 22.8 Å². The lowest BCUT2D eigenvalue weighted by Crippen LogP contribution is -2.38. The van der Waals surface area contributed by atoms with Gasteiger partial charge in [0.05, 0.1) is 5.56 Å². The number of aromatic nitrogens is 1. The molecule has 0 aliphatic carbocycles. The van der Waals surface area contributed by atoms with Gasteiger partial charge in [0.2, 0.25) is 5.91 Å². The van der Waals surface area contributed by atoms with E-state index in [0.717, 1.165) is 31.5 Å². The van der Waals surface area contributed by atoms with E-state index in [9.17, 15) is 9.59 Å².